The van der Waals surface area contributed by atoms with Crippen molar-refractivity contribution in [1.82, 2.24) is 4.90 Å². The van der Waals surface area contributed by atoms with Crippen LogP contribution in [0.5, 0.6) is 5.75 Å². The third kappa shape index (κ3) is 2.85. The molecule has 1 N–H and O–H groups in total. The molecule has 104 valence electrons. The van der Waals surface area contributed by atoms with Crippen molar-refractivity contribution in [3.05, 3.63) is 23.8 Å². The molecule has 4 heteroatoms. The molecule has 2 unspecified atom stereocenters. The van der Waals surface area contributed by atoms with Crippen molar-refractivity contribution >= 4 is 5.69 Å². The molecule has 0 aromatic heterocycles. The number of nitrogens with one attached hydrogen (secondary N) is 1. The number of hydrogen-bond acceptors (Lipinski definition) is 4. The highest BCUT2D eigenvalue weighted by molar-refractivity contribution is 5.61. The summed E-state index contributed by atoms with van der Waals surface area (Å²) < 4.78 is 11.6. The quantitative estimate of drug-likeness (QED) is 0.885. The molecule has 0 radical (unpaired) electrons. The average Bonchev–Trinajstić information content (AvgIpc) is 2.38. The molecule has 2 atom stereocenters. The lowest BCUT2D eigenvalue weighted by atomic mass is 10.1. The Kier molecular flexibility index (Phi) is 3.62. The Bertz CT molecular complexity index is 440. The van der Waals surface area contributed by atoms with E-state index in [1.54, 1.807) is 0 Å². The van der Waals surface area contributed by atoms with Gasteiger partial charge >= 0.3 is 0 Å². The molecule has 0 bridgehead atoms. The second kappa shape index (κ2) is 5.39. The molecule has 0 aliphatic carbocycles. The van der Waals surface area contributed by atoms with Crippen molar-refractivity contribution in [2.75, 3.05) is 31.6 Å². The molecule has 19 heavy (non-hydrogen) atoms. The molecular weight excluding hydrogens is 240 g/mol. The van der Waals surface area contributed by atoms with Crippen LogP contribution in [0, 0.1) is 0 Å². The van der Waals surface area contributed by atoms with Crippen LogP contribution in [-0.4, -0.2) is 43.3 Å². The SMILES string of the molecule is CC1CN(Cc2cccc3c2OCCN3)CC(C)O1. The third-order valence-electron chi connectivity index (χ3n) is 3.65. The summed E-state index contributed by atoms with van der Waals surface area (Å²) in [4.78, 5) is 2.45. The predicted molar refractivity (Wildman–Crippen MR) is 75.7 cm³/mol. The summed E-state index contributed by atoms with van der Waals surface area (Å²) >= 11 is 0. The molecule has 0 amide bonds. The highest BCUT2D eigenvalue weighted by atomic mass is 16.5. The summed E-state index contributed by atoms with van der Waals surface area (Å²) in [5.41, 5.74) is 2.39. The topological polar surface area (TPSA) is 33.7 Å². The van der Waals surface area contributed by atoms with Gasteiger partial charge in [0.05, 0.1) is 17.9 Å². The van der Waals surface area contributed by atoms with Crippen LogP contribution >= 0.6 is 0 Å². The van der Waals surface area contributed by atoms with Gasteiger partial charge in [0.25, 0.3) is 0 Å². The molecule has 1 saturated heterocycles. The lowest BCUT2D eigenvalue weighted by molar-refractivity contribution is -0.0706. The second-order valence-corrected chi connectivity index (χ2v) is 5.52. The van der Waals surface area contributed by atoms with Gasteiger partial charge < -0.3 is 14.8 Å². The van der Waals surface area contributed by atoms with Crippen molar-refractivity contribution in [3.8, 4) is 5.75 Å². The van der Waals surface area contributed by atoms with Crippen LogP contribution in [-0.2, 0) is 11.3 Å². The molecule has 1 aromatic rings. The maximum absolute atomic E-state index is 5.83. The Morgan fingerprint density at radius 1 is 1.26 bits per heavy atom. The van der Waals surface area contributed by atoms with Crippen molar-refractivity contribution in [2.24, 2.45) is 0 Å². The number of para-hydroxylation sites is 1. The fourth-order valence-electron chi connectivity index (χ4n) is 3.01. The van der Waals surface area contributed by atoms with Crippen LogP contribution in [0.3, 0.4) is 0 Å². The van der Waals surface area contributed by atoms with E-state index in [0.29, 0.717) is 12.2 Å². The summed E-state index contributed by atoms with van der Waals surface area (Å²) in [6.45, 7) is 8.83. The van der Waals surface area contributed by atoms with Crippen LogP contribution in [0.4, 0.5) is 5.69 Å². The van der Waals surface area contributed by atoms with E-state index >= 15 is 0 Å². The molecule has 2 heterocycles. The van der Waals surface area contributed by atoms with E-state index in [1.165, 1.54) is 5.56 Å². The van der Waals surface area contributed by atoms with Gasteiger partial charge in [-0.1, -0.05) is 12.1 Å². The van der Waals surface area contributed by atoms with Gasteiger partial charge in [0.1, 0.15) is 12.4 Å². The van der Waals surface area contributed by atoms with E-state index in [4.69, 9.17) is 9.47 Å². The summed E-state index contributed by atoms with van der Waals surface area (Å²) in [6, 6.07) is 6.35. The van der Waals surface area contributed by atoms with Gasteiger partial charge in [-0.25, -0.2) is 0 Å². The fraction of sp³-hybridized carbons (Fsp3) is 0.600. The molecule has 0 saturated carbocycles. The Hall–Kier alpha value is -1.26. The van der Waals surface area contributed by atoms with E-state index in [0.717, 1.165) is 44.2 Å². The molecule has 3 rings (SSSR count). The van der Waals surface area contributed by atoms with E-state index in [-0.39, 0.29) is 0 Å². The molecule has 1 fully saturated rings. The van der Waals surface area contributed by atoms with Gasteiger partial charge in [-0.15, -0.1) is 0 Å². The van der Waals surface area contributed by atoms with Gasteiger partial charge in [0.15, 0.2) is 0 Å². The van der Waals surface area contributed by atoms with Gasteiger partial charge in [0.2, 0.25) is 0 Å². The molecule has 2 aliphatic heterocycles. The minimum atomic E-state index is 0.308. The molecule has 1 aromatic carbocycles. The van der Waals surface area contributed by atoms with Gasteiger partial charge in [0, 0.05) is 31.7 Å². The number of hydrogen-bond donors (Lipinski definition) is 1. The number of nitrogens with zero attached hydrogens (tertiary/aromatic N) is 1. The minimum absolute atomic E-state index is 0.308. The predicted octanol–water partition coefficient (Wildman–Crippen LogP) is 2.10. The Labute approximate surface area is 114 Å². The number of benzene rings is 1. The number of ether oxygens (including phenoxy) is 2. The second-order valence-electron chi connectivity index (χ2n) is 5.52. The van der Waals surface area contributed by atoms with Gasteiger partial charge in [-0.3, -0.25) is 4.90 Å². The van der Waals surface area contributed by atoms with Crippen molar-refractivity contribution in [1.29, 1.82) is 0 Å². The third-order valence-corrected chi connectivity index (χ3v) is 3.65. The maximum atomic E-state index is 5.83. The zero-order valence-corrected chi connectivity index (χ0v) is 11.7. The lowest BCUT2D eigenvalue weighted by Gasteiger charge is -2.35. The number of fused-ring (bicyclic) bond motifs is 1. The van der Waals surface area contributed by atoms with Crippen LogP contribution in [0.15, 0.2) is 18.2 Å². The maximum Gasteiger partial charge on any atom is 0.146 e. The van der Waals surface area contributed by atoms with Crippen LogP contribution in [0.1, 0.15) is 19.4 Å². The highest BCUT2D eigenvalue weighted by Crippen LogP contribution is 2.32. The number of anilines is 1. The number of morpholine rings is 1. The highest BCUT2D eigenvalue weighted by Gasteiger charge is 2.24. The largest absolute Gasteiger partial charge is 0.489 e. The standard InChI is InChI=1S/C15H22N2O2/c1-11-8-17(9-12(2)19-11)10-13-4-3-5-14-15(13)18-7-6-16-14/h3-5,11-12,16H,6-10H2,1-2H3. The summed E-state index contributed by atoms with van der Waals surface area (Å²) in [7, 11) is 0. The Morgan fingerprint density at radius 2 is 2.05 bits per heavy atom. The first-order valence-corrected chi connectivity index (χ1v) is 7.09. The van der Waals surface area contributed by atoms with Crippen LogP contribution in [0.25, 0.3) is 0 Å². The van der Waals surface area contributed by atoms with Crippen molar-refractivity contribution < 1.29 is 9.47 Å². The first kappa shape index (κ1) is 12.8. The zero-order valence-electron chi connectivity index (χ0n) is 11.7. The van der Waals surface area contributed by atoms with Crippen LogP contribution < -0.4 is 10.1 Å². The fourth-order valence-corrected chi connectivity index (χ4v) is 3.01. The average molecular weight is 262 g/mol. The monoisotopic (exact) mass is 262 g/mol. The Balaban J connectivity index is 1.76. The summed E-state index contributed by atoms with van der Waals surface area (Å²) in [5, 5.41) is 3.39. The minimum Gasteiger partial charge on any atom is -0.489 e. The van der Waals surface area contributed by atoms with Crippen molar-refractivity contribution in [3.63, 3.8) is 0 Å². The molecule has 2 aliphatic rings. The van der Waals surface area contributed by atoms with Crippen LogP contribution in [0.2, 0.25) is 0 Å². The molecular formula is C15H22N2O2. The lowest BCUT2D eigenvalue weighted by Crippen LogP contribution is -2.44. The summed E-state index contributed by atoms with van der Waals surface area (Å²) in [5.74, 6) is 1.03. The van der Waals surface area contributed by atoms with E-state index < -0.39 is 0 Å². The molecule has 0 spiro atoms. The van der Waals surface area contributed by atoms with E-state index in [2.05, 4.69) is 42.3 Å². The first-order valence-electron chi connectivity index (χ1n) is 7.09. The van der Waals surface area contributed by atoms with E-state index in [9.17, 15) is 0 Å². The molecule has 4 nitrogen and oxygen atoms in total. The number of rotatable bonds is 2. The first-order chi connectivity index (χ1) is 9.22. The normalized spacial score (nSPS) is 27.3. The van der Waals surface area contributed by atoms with Gasteiger partial charge in [-0.2, -0.15) is 0 Å². The Morgan fingerprint density at radius 3 is 2.84 bits per heavy atom. The smallest absolute Gasteiger partial charge is 0.146 e. The zero-order chi connectivity index (χ0) is 13.2. The van der Waals surface area contributed by atoms with Gasteiger partial charge in [-0.05, 0) is 19.9 Å². The summed E-state index contributed by atoms with van der Waals surface area (Å²) in [6.07, 6.45) is 0.615. The van der Waals surface area contributed by atoms with E-state index in [1.807, 2.05) is 0 Å². The van der Waals surface area contributed by atoms with Crippen molar-refractivity contribution in [2.45, 2.75) is 32.6 Å².